The van der Waals surface area contributed by atoms with Gasteiger partial charge in [0.1, 0.15) is 5.58 Å². The molecule has 2 aliphatic heterocycles. The van der Waals surface area contributed by atoms with Crippen molar-refractivity contribution >= 4 is 113 Å². The fourth-order valence-electron chi connectivity index (χ4n) is 12.5. The lowest BCUT2D eigenvalue weighted by molar-refractivity contribution is 0.590. The van der Waals surface area contributed by atoms with Crippen molar-refractivity contribution in [3.05, 3.63) is 245 Å². The Hall–Kier alpha value is -8.74. The van der Waals surface area contributed by atoms with E-state index < -0.39 is 0 Å². The fourth-order valence-corrected chi connectivity index (χ4v) is 12.5. The average molecular weight is 1070 g/mol. The highest BCUT2D eigenvalue weighted by Gasteiger charge is 2.45. The van der Waals surface area contributed by atoms with E-state index in [1.54, 1.807) is 0 Å². The van der Waals surface area contributed by atoms with Crippen molar-refractivity contribution in [1.29, 1.82) is 0 Å². The summed E-state index contributed by atoms with van der Waals surface area (Å²) in [6.45, 7) is 29.5. The Kier molecular flexibility index (Phi) is 12.5. The highest BCUT2D eigenvalue weighted by atomic mass is 16.3. The first-order valence-electron chi connectivity index (χ1n) is 29.2. The van der Waals surface area contributed by atoms with Crippen LogP contribution >= 0.6 is 0 Å². The number of benzene rings is 10. The van der Waals surface area contributed by atoms with Gasteiger partial charge in [0.2, 0.25) is 0 Å². The Balaban J connectivity index is 1.12. The van der Waals surface area contributed by atoms with Gasteiger partial charge in [-0.25, -0.2) is 0 Å². The molecule has 0 saturated carbocycles. The van der Waals surface area contributed by atoms with Crippen molar-refractivity contribution in [2.24, 2.45) is 0 Å². The zero-order chi connectivity index (χ0) is 57.1. The van der Waals surface area contributed by atoms with Crippen LogP contribution in [-0.2, 0) is 16.2 Å². The summed E-state index contributed by atoms with van der Waals surface area (Å²) < 4.78 is 7.26. The van der Waals surface area contributed by atoms with E-state index in [9.17, 15) is 0 Å². The van der Waals surface area contributed by atoms with Crippen molar-refractivity contribution in [3.8, 4) is 0 Å². The van der Waals surface area contributed by atoms with Crippen molar-refractivity contribution in [2.45, 2.75) is 106 Å². The summed E-state index contributed by atoms with van der Waals surface area (Å²) in [6, 6.07) is 77.8. The Bertz CT molecular complexity index is 4160. The molecule has 3 heterocycles. The second-order valence-corrected chi connectivity index (χ2v) is 26.3. The lowest BCUT2D eigenvalue weighted by Gasteiger charge is -2.46. The van der Waals surface area contributed by atoms with Crippen LogP contribution in [0.1, 0.15) is 101 Å². The molecule has 10 aromatic carbocycles. The van der Waals surface area contributed by atoms with Crippen LogP contribution in [0.15, 0.2) is 211 Å². The molecule has 0 amide bonds. The molecule has 1 aromatic heterocycles. The fraction of sp³-hybridized carbons (Fsp3) is 0.211. The number of hydrogen-bond acceptors (Lipinski definition) is 5. The topological polar surface area (TPSA) is 26.1 Å². The van der Waals surface area contributed by atoms with Gasteiger partial charge in [0.25, 0.3) is 6.71 Å². The first-order valence-corrected chi connectivity index (χ1v) is 29.2. The lowest BCUT2D eigenvalue weighted by Crippen LogP contribution is -2.61. The zero-order valence-corrected chi connectivity index (χ0v) is 49.9. The monoisotopic (exact) mass is 1070 g/mol. The van der Waals surface area contributed by atoms with Gasteiger partial charge in [-0.15, -0.1) is 0 Å². The van der Waals surface area contributed by atoms with Crippen molar-refractivity contribution < 1.29 is 4.42 Å². The molecule has 0 spiro atoms. The summed E-state index contributed by atoms with van der Waals surface area (Å²) in [5.41, 5.74) is 27.2. The summed E-state index contributed by atoms with van der Waals surface area (Å²) in [7, 11) is 0. The molecule has 0 fully saturated rings. The van der Waals surface area contributed by atoms with E-state index in [1.807, 2.05) is 0 Å². The van der Waals surface area contributed by atoms with Gasteiger partial charge in [-0.2, -0.15) is 0 Å². The Morgan fingerprint density at radius 3 is 1.38 bits per heavy atom. The maximum atomic E-state index is 7.26. The van der Waals surface area contributed by atoms with Crippen LogP contribution in [0, 0.1) is 27.7 Å². The SMILES string of the molecule is Cc1ccc(N(c2ccc(C)cc2)c2ccc3c(c2)N(c2ccc(C(C)(C)C)cc2)c2cc(C(C)(C)C)cc4c2B3c2cc(C(C)(C)C)ccc2N4c2ccc(N(c3ccc(C)cc3)c3ccc(C)cc3)c3oc4ccccc4c23)cc1. The number of furan rings is 1. The van der Waals surface area contributed by atoms with Gasteiger partial charge in [-0.1, -0.05) is 182 Å². The van der Waals surface area contributed by atoms with Crippen LogP contribution < -0.4 is 36.0 Å². The molecule has 5 nitrogen and oxygen atoms in total. The predicted octanol–water partition coefficient (Wildman–Crippen LogP) is 19.7. The van der Waals surface area contributed by atoms with Crippen LogP contribution in [0.5, 0.6) is 0 Å². The first kappa shape index (κ1) is 52.6. The standard InChI is InChI=1S/C76H73BN4O/c1-48-18-29-55(30-19-48)78(56-31-20-49(2)21-32-56)60-39-40-62-67(47-60)80(59-37-26-52(27-38-59)74(5,6)7)68-45-54(76(11,12)13)46-69-72(68)77(62)63-44-53(75(8,9)10)28-41-64(63)81(69)65-42-43-66(73-71(65)61-16-14-15-17-70(61)82-73)79(57-33-22-50(3)23-34-57)58-35-24-51(4)25-36-58/h14-47H,1-13H3. The molecule has 0 saturated heterocycles. The molecule has 0 bridgehead atoms. The van der Waals surface area contributed by atoms with Crippen molar-refractivity contribution in [1.82, 2.24) is 0 Å². The molecular formula is C76H73BN4O. The van der Waals surface area contributed by atoms with Crippen LogP contribution in [0.3, 0.4) is 0 Å². The maximum Gasteiger partial charge on any atom is 0.252 e. The largest absolute Gasteiger partial charge is 0.454 e. The van der Waals surface area contributed by atoms with E-state index in [0.29, 0.717) is 0 Å². The molecule has 0 atom stereocenters. The summed E-state index contributed by atoms with van der Waals surface area (Å²) in [6.07, 6.45) is 0. The highest BCUT2D eigenvalue weighted by molar-refractivity contribution is 7.00. The normalized spacial score (nSPS) is 13.1. The second kappa shape index (κ2) is 19.5. The van der Waals surface area contributed by atoms with E-state index in [4.69, 9.17) is 4.42 Å². The molecule has 13 rings (SSSR count). The highest BCUT2D eigenvalue weighted by Crippen LogP contribution is 2.53. The molecule has 0 N–H and O–H groups in total. The van der Waals surface area contributed by atoms with Gasteiger partial charge >= 0.3 is 0 Å². The number of anilines is 12. The molecular weight excluding hydrogens is 996 g/mol. The summed E-state index contributed by atoms with van der Waals surface area (Å²) in [5.74, 6) is 0. The molecule has 82 heavy (non-hydrogen) atoms. The van der Waals surface area contributed by atoms with Crippen LogP contribution in [-0.4, -0.2) is 6.71 Å². The molecule has 6 heteroatoms. The Morgan fingerprint density at radius 2 is 0.841 bits per heavy atom. The molecule has 0 unspecified atom stereocenters. The average Bonchev–Trinajstić information content (AvgIpc) is 0.930. The number of aryl methyl sites for hydroxylation is 4. The number of para-hydroxylation sites is 1. The Labute approximate surface area is 486 Å². The van der Waals surface area contributed by atoms with Crippen LogP contribution in [0.4, 0.5) is 68.2 Å². The van der Waals surface area contributed by atoms with E-state index in [2.05, 4.69) is 316 Å². The molecule has 2 aliphatic rings. The van der Waals surface area contributed by atoms with E-state index >= 15 is 0 Å². The maximum absolute atomic E-state index is 7.26. The first-order chi connectivity index (χ1) is 39.2. The van der Waals surface area contributed by atoms with Gasteiger partial charge in [0, 0.05) is 62.3 Å². The minimum absolute atomic E-state index is 0.0189. The van der Waals surface area contributed by atoms with Gasteiger partial charge < -0.3 is 24.0 Å². The van der Waals surface area contributed by atoms with Crippen LogP contribution in [0.2, 0.25) is 0 Å². The number of nitrogens with zero attached hydrogens (tertiary/aromatic N) is 4. The predicted molar refractivity (Wildman–Crippen MR) is 352 cm³/mol. The van der Waals surface area contributed by atoms with E-state index in [-0.39, 0.29) is 23.0 Å². The third-order valence-corrected chi connectivity index (χ3v) is 17.2. The van der Waals surface area contributed by atoms with E-state index in [1.165, 1.54) is 72.4 Å². The third kappa shape index (κ3) is 9.04. The Morgan fingerprint density at radius 1 is 0.366 bits per heavy atom. The zero-order valence-electron chi connectivity index (χ0n) is 49.9. The van der Waals surface area contributed by atoms with Crippen LogP contribution in [0.25, 0.3) is 21.9 Å². The smallest absolute Gasteiger partial charge is 0.252 e. The number of fused-ring (bicyclic) bond motifs is 7. The van der Waals surface area contributed by atoms with Gasteiger partial charge in [0.15, 0.2) is 5.58 Å². The molecule has 0 aliphatic carbocycles. The minimum atomic E-state index is -0.218. The number of rotatable bonds is 8. The van der Waals surface area contributed by atoms with Gasteiger partial charge in [-0.3, -0.25) is 0 Å². The molecule has 11 aromatic rings. The van der Waals surface area contributed by atoms with Crippen molar-refractivity contribution in [2.75, 3.05) is 19.6 Å². The summed E-state index contributed by atoms with van der Waals surface area (Å²) in [4.78, 5) is 9.96. The van der Waals surface area contributed by atoms with E-state index in [0.717, 1.165) is 73.1 Å². The van der Waals surface area contributed by atoms with Crippen molar-refractivity contribution in [3.63, 3.8) is 0 Å². The second-order valence-electron chi connectivity index (χ2n) is 26.3. The summed E-state index contributed by atoms with van der Waals surface area (Å²) in [5, 5.41) is 2.14. The quantitative estimate of drug-likeness (QED) is 0.141. The molecule has 406 valence electrons. The number of hydrogen-bond donors (Lipinski definition) is 0. The summed E-state index contributed by atoms with van der Waals surface area (Å²) >= 11 is 0. The molecule has 0 radical (unpaired) electrons. The van der Waals surface area contributed by atoms with Gasteiger partial charge in [-0.05, 0) is 186 Å². The third-order valence-electron chi connectivity index (χ3n) is 17.2. The van der Waals surface area contributed by atoms with Gasteiger partial charge in [0.05, 0.1) is 16.8 Å². The lowest BCUT2D eigenvalue weighted by atomic mass is 9.33. The minimum Gasteiger partial charge on any atom is -0.454 e.